The molecule has 4 rings (SSSR count). The largest absolute Gasteiger partial charge is 2.00 e. The summed E-state index contributed by atoms with van der Waals surface area (Å²) in [5.41, 5.74) is 6.82. The summed E-state index contributed by atoms with van der Waals surface area (Å²) in [6.45, 7) is 9.90. The van der Waals surface area contributed by atoms with E-state index >= 15 is 0 Å². The topological polar surface area (TPSA) is 0 Å². The van der Waals surface area contributed by atoms with Crippen LogP contribution in [-0.4, -0.2) is 34.0 Å². The second kappa shape index (κ2) is 12.1. The monoisotopic (exact) mass is 426 g/mol. The molecule has 4 aliphatic rings. The molecule has 3 heteroatoms. The van der Waals surface area contributed by atoms with Gasteiger partial charge in [0.2, 0.25) is 0 Å². The summed E-state index contributed by atoms with van der Waals surface area (Å²) in [6.07, 6.45) is 15.5. The minimum absolute atomic E-state index is 0. The van der Waals surface area contributed by atoms with E-state index in [-0.39, 0.29) is 31.9 Å². The molecule has 0 N–H and O–H groups in total. The Kier molecular flexibility index (Phi) is 12.7. The normalized spacial score (nSPS) is 36.0. The average molecular weight is 426 g/mol. The molecular weight excluding hydrogens is 382 g/mol. The Morgan fingerprint density at radius 2 is 0.760 bits per heavy atom. The molecule has 0 amide bonds. The standard InChI is InChI=1S/2C10H19P.2CH3.Fe/c2*1-8-7-9(2)11(8)10-5-3-4-6-10;;;/h2*8-10H,3-7H2,1-2H3;2*1H3;/q;;2*-1;+2/t2*8-,9-;;;/m00.../s1. The third-order valence-corrected chi connectivity index (χ3v) is 14.5. The molecule has 150 valence electrons. The number of hydrogen-bond acceptors (Lipinski definition) is 0. The summed E-state index contributed by atoms with van der Waals surface area (Å²) in [5, 5.41) is 0. The summed E-state index contributed by atoms with van der Waals surface area (Å²) in [7, 11) is 0.957. The second-order valence-corrected chi connectivity index (χ2v) is 15.4. The number of rotatable bonds is 2. The summed E-state index contributed by atoms with van der Waals surface area (Å²) < 4.78 is 0. The third kappa shape index (κ3) is 6.18. The molecule has 0 aromatic heterocycles. The molecule has 2 saturated heterocycles. The smallest absolute Gasteiger partial charge is 0.358 e. The third-order valence-electron chi connectivity index (χ3n) is 6.89. The maximum absolute atomic E-state index is 2.48. The van der Waals surface area contributed by atoms with Crippen LogP contribution in [0.15, 0.2) is 0 Å². The van der Waals surface area contributed by atoms with Gasteiger partial charge in [0, 0.05) is 0 Å². The molecule has 0 nitrogen and oxygen atoms in total. The van der Waals surface area contributed by atoms with Crippen molar-refractivity contribution < 1.29 is 17.1 Å². The quantitative estimate of drug-likeness (QED) is 0.238. The maximum Gasteiger partial charge on any atom is 2.00 e. The van der Waals surface area contributed by atoms with E-state index < -0.39 is 0 Å². The Bertz CT molecular complexity index is 300. The van der Waals surface area contributed by atoms with Gasteiger partial charge in [0.25, 0.3) is 0 Å². The van der Waals surface area contributed by atoms with Gasteiger partial charge in [-0.3, -0.25) is 0 Å². The molecular formula is C22H44FeP2. The Morgan fingerprint density at radius 1 is 0.520 bits per heavy atom. The van der Waals surface area contributed by atoms with E-state index in [2.05, 4.69) is 27.7 Å². The zero-order valence-electron chi connectivity index (χ0n) is 17.8. The van der Waals surface area contributed by atoms with E-state index in [9.17, 15) is 0 Å². The van der Waals surface area contributed by atoms with E-state index in [0.29, 0.717) is 15.8 Å². The molecule has 0 aromatic rings. The first kappa shape index (κ1) is 26.4. The van der Waals surface area contributed by atoms with Crippen molar-refractivity contribution in [2.45, 2.75) is 126 Å². The minimum Gasteiger partial charge on any atom is -0.358 e. The SMILES string of the molecule is C[C@H]1C[C@H](C)P1C1CCCC1.C[C@H]1C[C@H](C)P1C1CCCC1.[CH3-].[CH3-].[Fe+2]. The van der Waals surface area contributed by atoms with Gasteiger partial charge in [0.15, 0.2) is 0 Å². The fourth-order valence-corrected chi connectivity index (χ4v) is 13.9. The van der Waals surface area contributed by atoms with Crippen molar-refractivity contribution in [2.24, 2.45) is 0 Å². The second-order valence-electron chi connectivity index (χ2n) is 8.64. The molecule has 4 fully saturated rings. The molecule has 0 radical (unpaired) electrons. The summed E-state index contributed by atoms with van der Waals surface area (Å²) in [4.78, 5) is 0. The Hall–Kier alpha value is 1.38. The van der Waals surface area contributed by atoms with Gasteiger partial charge in [-0.25, -0.2) is 0 Å². The zero-order chi connectivity index (χ0) is 15.7. The van der Waals surface area contributed by atoms with E-state index in [1.807, 2.05) is 0 Å². The van der Waals surface area contributed by atoms with Crippen molar-refractivity contribution in [3.63, 3.8) is 0 Å². The van der Waals surface area contributed by atoms with Gasteiger partial charge in [0.05, 0.1) is 0 Å². The maximum atomic E-state index is 2.48. The van der Waals surface area contributed by atoms with Gasteiger partial charge in [-0.05, 0) is 72.5 Å². The van der Waals surface area contributed by atoms with Crippen LogP contribution in [0, 0.1) is 14.9 Å². The first-order valence-corrected chi connectivity index (χ1v) is 13.2. The molecule has 2 aliphatic carbocycles. The Balaban J connectivity index is 0.000000411. The first-order chi connectivity index (χ1) is 10.6. The van der Waals surface area contributed by atoms with Crippen molar-refractivity contribution >= 4 is 15.8 Å². The van der Waals surface area contributed by atoms with Crippen LogP contribution >= 0.6 is 15.8 Å². The van der Waals surface area contributed by atoms with Gasteiger partial charge >= 0.3 is 17.1 Å². The Morgan fingerprint density at radius 3 is 0.960 bits per heavy atom. The summed E-state index contributed by atoms with van der Waals surface area (Å²) in [6, 6.07) is 0. The predicted octanol–water partition coefficient (Wildman–Crippen LogP) is 8.08. The summed E-state index contributed by atoms with van der Waals surface area (Å²) in [5.74, 6) is 0. The molecule has 4 atom stereocenters. The van der Waals surface area contributed by atoms with Gasteiger partial charge < -0.3 is 14.9 Å². The van der Waals surface area contributed by atoms with Crippen LogP contribution in [0.3, 0.4) is 0 Å². The molecule has 0 spiro atoms. The molecule has 0 aromatic carbocycles. The van der Waals surface area contributed by atoms with Crippen molar-refractivity contribution in [1.29, 1.82) is 0 Å². The van der Waals surface area contributed by atoms with E-state index in [4.69, 9.17) is 0 Å². The molecule has 2 aliphatic heterocycles. The molecule has 2 saturated carbocycles. The molecule has 2 heterocycles. The van der Waals surface area contributed by atoms with Gasteiger partial charge in [-0.1, -0.05) is 69.2 Å². The fraction of sp³-hybridized carbons (Fsp3) is 0.909. The van der Waals surface area contributed by atoms with Crippen molar-refractivity contribution in [2.75, 3.05) is 0 Å². The summed E-state index contributed by atoms with van der Waals surface area (Å²) >= 11 is 0. The van der Waals surface area contributed by atoms with Crippen LogP contribution in [0.5, 0.6) is 0 Å². The molecule has 0 bridgehead atoms. The van der Waals surface area contributed by atoms with Gasteiger partial charge in [-0.15, -0.1) is 0 Å². The van der Waals surface area contributed by atoms with Crippen LogP contribution in [0.1, 0.15) is 91.9 Å². The van der Waals surface area contributed by atoms with E-state index in [1.54, 1.807) is 25.7 Å². The van der Waals surface area contributed by atoms with Crippen LogP contribution in [0.2, 0.25) is 0 Å². The first-order valence-electron chi connectivity index (χ1n) is 10.1. The fourth-order valence-electron chi connectivity index (χ4n) is 5.91. The van der Waals surface area contributed by atoms with Gasteiger partial charge in [0.1, 0.15) is 0 Å². The zero-order valence-corrected chi connectivity index (χ0v) is 20.7. The van der Waals surface area contributed by atoms with Crippen molar-refractivity contribution in [3.8, 4) is 0 Å². The van der Waals surface area contributed by atoms with Crippen LogP contribution in [0.25, 0.3) is 0 Å². The van der Waals surface area contributed by atoms with Crippen molar-refractivity contribution in [1.82, 2.24) is 0 Å². The minimum atomic E-state index is 0. The predicted molar refractivity (Wildman–Crippen MR) is 118 cm³/mol. The Labute approximate surface area is 173 Å². The van der Waals surface area contributed by atoms with E-state index in [0.717, 1.165) is 22.6 Å². The van der Waals surface area contributed by atoms with Crippen LogP contribution in [0.4, 0.5) is 0 Å². The average Bonchev–Trinajstić information content (AvgIpc) is 3.13. The van der Waals surface area contributed by atoms with Crippen molar-refractivity contribution in [3.05, 3.63) is 14.9 Å². The van der Waals surface area contributed by atoms with E-state index in [1.165, 1.54) is 49.8 Å². The van der Waals surface area contributed by atoms with Crippen LogP contribution in [-0.2, 0) is 17.1 Å². The van der Waals surface area contributed by atoms with Crippen LogP contribution < -0.4 is 0 Å². The van der Waals surface area contributed by atoms with Gasteiger partial charge in [-0.2, -0.15) is 0 Å². The molecule has 25 heavy (non-hydrogen) atoms. The molecule has 0 unspecified atom stereocenters. The number of hydrogen-bond donors (Lipinski definition) is 0.